The summed E-state index contributed by atoms with van der Waals surface area (Å²) in [5, 5.41) is 7.84. The molecule has 2 aromatic heterocycles. The molecule has 11 heteroatoms. The smallest absolute Gasteiger partial charge is 0.271 e. The Morgan fingerprint density at radius 1 is 1.08 bits per heavy atom. The number of halogens is 1. The van der Waals surface area contributed by atoms with Crippen LogP contribution in [0.15, 0.2) is 71.6 Å². The molecule has 1 N–H and O–H groups in total. The summed E-state index contributed by atoms with van der Waals surface area (Å²) in [5.74, 6) is -0.362. The van der Waals surface area contributed by atoms with Gasteiger partial charge in [-0.15, -0.1) is 11.3 Å². The van der Waals surface area contributed by atoms with E-state index in [1.807, 2.05) is 36.4 Å². The fourth-order valence-electron chi connectivity index (χ4n) is 3.78. The molecule has 1 fully saturated rings. The molecule has 1 saturated heterocycles. The number of benzene rings is 2. The average molecular weight is 544 g/mol. The third-order valence-electron chi connectivity index (χ3n) is 5.55. The molecule has 3 heterocycles. The molecule has 0 aliphatic carbocycles. The van der Waals surface area contributed by atoms with E-state index in [0.717, 1.165) is 15.3 Å². The van der Waals surface area contributed by atoms with Gasteiger partial charge in [-0.3, -0.25) is 4.79 Å². The lowest BCUT2D eigenvalue weighted by molar-refractivity contribution is -0.0379. The summed E-state index contributed by atoms with van der Waals surface area (Å²) in [5.41, 5.74) is 2.31. The molecule has 36 heavy (non-hydrogen) atoms. The van der Waals surface area contributed by atoms with E-state index >= 15 is 0 Å². The lowest BCUT2D eigenvalue weighted by Gasteiger charge is -2.09. The van der Waals surface area contributed by atoms with E-state index in [1.165, 1.54) is 17.6 Å². The molecule has 1 aliphatic heterocycles. The van der Waals surface area contributed by atoms with Crippen molar-refractivity contribution in [2.75, 3.05) is 26.0 Å². The number of hydrogen-bond acceptors (Lipinski definition) is 7. The Kier molecular flexibility index (Phi) is 6.96. The zero-order chi connectivity index (χ0) is 25.3. The van der Waals surface area contributed by atoms with Crippen LogP contribution in [-0.4, -0.2) is 56.4 Å². The molecule has 1 amide bonds. The number of ether oxygens (including phenoxy) is 2. The maximum atomic E-state index is 12.9. The molecule has 0 spiro atoms. The van der Waals surface area contributed by atoms with Crippen molar-refractivity contribution in [3.05, 3.63) is 77.4 Å². The molecule has 5 rings (SSSR count). The Hall–Kier alpha value is -3.02. The molecule has 0 atom stereocenters. The highest BCUT2D eigenvalue weighted by molar-refractivity contribution is 7.90. The Balaban J connectivity index is 1.51. The third-order valence-corrected chi connectivity index (χ3v) is 8.13. The van der Waals surface area contributed by atoms with E-state index in [4.69, 9.17) is 21.1 Å². The minimum absolute atomic E-state index is 0.215. The van der Waals surface area contributed by atoms with Gasteiger partial charge in [0.25, 0.3) is 5.91 Å². The van der Waals surface area contributed by atoms with Crippen LogP contribution in [-0.2, 0) is 19.3 Å². The Morgan fingerprint density at radius 3 is 2.58 bits per heavy atom. The van der Waals surface area contributed by atoms with Crippen LogP contribution in [0.1, 0.15) is 10.5 Å². The van der Waals surface area contributed by atoms with Gasteiger partial charge in [0.05, 0.1) is 45.9 Å². The van der Waals surface area contributed by atoms with Crippen LogP contribution >= 0.6 is 22.9 Å². The highest BCUT2D eigenvalue weighted by atomic mass is 35.5. The molecule has 0 bridgehead atoms. The van der Waals surface area contributed by atoms with Crippen molar-refractivity contribution in [1.29, 1.82) is 0 Å². The number of hydrogen-bond donors (Lipinski definition) is 1. The first-order valence-corrected chi connectivity index (χ1v) is 14.2. The van der Waals surface area contributed by atoms with E-state index in [0.29, 0.717) is 29.6 Å². The first-order chi connectivity index (χ1) is 17.3. The number of para-hydroxylation sites is 1. The van der Waals surface area contributed by atoms with Gasteiger partial charge >= 0.3 is 0 Å². The Morgan fingerprint density at radius 2 is 1.83 bits per heavy atom. The van der Waals surface area contributed by atoms with E-state index in [2.05, 4.69) is 10.4 Å². The number of thiophene rings is 1. The molecule has 1 aliphatic rings. The van der Waals surface area contributed by atoms with Gasteiger partial charge in [-0.05, 0) is 48.0 Å². The molecule has 0 saturated carbocycles. The number of carbonyl (C=O) groups excluding carboxylic acids is 1. The first-order valence-electron chi connectivity index (χ1n) is 11.1. The van der Waals surface area contributed by atoms with E-state index < -0.39 is 16.1 Å². The second kappa shape index (κ2) is 10.2. The van der Waals surface area contributed by atoms with Crippen molar-refractivity contribution in [1.82, 2.24) is 15.1 Å². The van der Waals surface area contributed by atoms with Crippen LogP contribution < -0.4 is 5.32 Å². The van der Waals surface area contributed by atoms with Gasteiger partial charge < -0.3 is 14.8 Å². The summed E-state index contributed by atoms with van der Waals surface area (Å²) in [6.45, 7) is 1.21. The number of aromatic nitrogens is 2. The van der Waals surface area contributed by atoms with Crippen molar-refractivity contribution < 1.29 is 22.7 Å². The van der Waals surface area contributed by atoms with Crippen LogP contribution in [0.3, 0.4) is 0 Å². The fraction of sp³-hybridized carbons (Fsp3) is 0.200. The topological polar surface area (TPSA) is 99.5 Å². The predicted octanol–water partition coefficient (Wildman–Crippen LogP) is 4.43. The summed E-state index contributed by atoms with van der Waals surface area (Å²) < 4.78 is 36.4. The highest BCUT2D eigenvalue weighted by Crippen LogP contribution is 2.37. The summed E-state index contributed by atoms with van der Waals surface area (Å²) in [7, 11) is -3.33. The molecule has 0 unspecified atom stereocenters. The van der Waals surface area contributed by atoms with Crippen LogP contribution in [0, 0.1) is 0 Å². The minimum atomic E-state index is -3.33. The number of nitrogens with zero attached hydrogens (tertiary/aromatic N) is 2. The predicted molar refractivity (Wildman–Crippen MR) is 138 cm³/mol. The molecular weight excluding hydrogens is 522 g/mol. The van der Waals surface area contributed by atoms with Crippen molar-refractivity contribution >= 4 is 38.7 Å². The summed E-state index contributed by atoms with van der Waals surface area (Å²) >= 11 is 7.93. The molecule has 4 aromatic rings. The maximum absolute atomic E-state index is 12.9. The third kappa shape index (κ3) is 5.23. The van der Waals surface area contributed by atoms with Crippen molar-refractivity contribution in [2.45, 2.75) is 11.2 Å². The van der Waals surface area contributed by atoms with E-state index in [1.54, 1.807) is 35.0 Å². The Labute approximate surface area is 217 Å². The molecule has 0 radical (unpaired) electrons. The second-order valence-corrected chi connectivity index (χ2v) is 11.6. The standard InChI is InChI=1S/C25H22ClN3O5S2/c1-36(31,32)17-6-4-5-16(13-17)22-9-10-23(35-22)21-14-19(25(30)27-15-24-33-11-12-34-24)28-29(21)20-8-3-2-7-18(20)26/h2-10,13-14,24H,11-12,15H2,1H3,(H,27,30). The van der Waals surface area contributed by atoms with Crippen molar-refractivity contribution in [3.8, 4) is 26.7 Å². The second-order valence-electron chi connectivity index (χ2n) is 8.12. The zero-order valence-electron chi connectivity index (χ0n) is 19.2. The zero-order valence-corrected chi connectivity index (χ0v) is 21.6. The molecular formula is C25H22ClN3O5S2. The van der Waals surface area contributed by atoms with Crippen LogP contribution in [0.2, 0.25) is 5.02 Å². The summed E-state index contributed by atoms with van der Waals surface area (Å²) in [6.07, 6.45) is 0.715. The van der Waals surface area contributed by atoms with Gasteiger partial charge in [-0.2, -0.15) is 5.10 Å². The van der Waals surface area contributed by atoms with Gasteiger partial charge in [0, 0.05) is 11.1 Å². The normalized spacial score (nSPS) is 14.3. The van der Waals surface area contributed by atoms with Crippen molar-refractivity contribution in [3.63, 3.8) is 0 Å². The number of amides is 1. The van der Waals surface area contributed by atoms with Crippen molar-refractivity contribution in [2.24, 2.45) is 0 Å². The van der Waals surface area contributed by atoms with E-state index in [9.17, 15) is 13.2 Å². The van der Waals surface area contributed by atoms with Crippen LogP contribution in [0.4, 0.5) is 0 Å². The number of sulfone groups is 1. The largest absolute Gasteiger partial charge is 0.348 e. The average Bonchev–Trinajstić information content (AvgIpc) is 3.63. The fourth-order valence-corrected chi connectivity index (χ4v) is 5.66. The Bertz CT molecular complexity index is 1520. The van der Waals surface area contributed by atoms with E-state index in [-0.39, 0.29) is 23.0 Å². The summed E-state index contributed by atoms with van der Waals surface area (Å²) in [6, 6.07) is 19.6. The number of carbonyl (C=O) groups is 1. The molecule has 186 valence electrons. The highest BCUT2D eigenvalue weighted by Gasteiger charge is 2.22. The SMILES string of the molecule is CS(=O)(=O)c1cccc(-c2ccc(-c3cc(C(=O)NCC4OCCO4)nn3-c3ccccc3Cl)s2)c1. The van der Waals surface area contributed by atoms with Crippen LogP contribution in [0.5, 0.6) is 0 Å². The van der Waals surface area contributed by atoms with Gasteiger partial charge in [-0.1, -0.05) is 35.9 Å². The van der Waals surface area contributed by atoms with Gasteiger partial charge in [0.15, 0.2) is 21.8 Å². The van der Waals surface area contributed by atoms with Gasteiger partial charge in [-0.25, -0.2) is 13.1 Å². The van der Waals surface area contributed by atoms with Gasteiger partial charge in [0.1, 0.15) is 0 Å². The monoisotopic (exact) mass is 543 g/mol. The van der Waals surface area contributed by atoms with Gasteiger partial charge in [0.2, 0.25) is 0 Å². The van der Waals surface area contributed by atoms with Crippen LogP contribution in [0.25, 0.3) is 26.7 Å². The maximum Gasteiger partial charge on any atom is 0.271 e. The molecule has 8 nitrogen and oxygen atoms in total. The lowest BCUT2D eigenvalue weighted by atomic mass is 10.2. The first kappa shape index (κ1) is 24.7. The quantitative estimate of drug-likeness (QED) is 0.370. The summed E-state index contributed by atoms with van der Waals surface area (Å²) in [4.78, 5) is 14.9. The minimum Gasteiger partial charge on any atom is -0.348 e. The lowest BCUT2D eigenvalue weighted by Crippen LogP contribution is -2.32. The number of rotatable bonds is 7. The molecule has 2 aromatic carbocycles. The number of nitrogens with one attached hydrogen (secondary N) is 1.